The maximum atomic E-state index is 13.9. The first-order valence-electron chi connectivity index (χ1n) is 14.8. The smallest absolute Gasteiger partial charge is 0.333 e. The number of aromatic nitrogens is 2. The number of amides is 2. The number of imidazole rings is 1. The molecule has 2 amide bonds. The Morgan fingerprint density at radius 3 is 2.43 bits per heavy atom. The highest BCUT2D eigenvalue weighted by Gasteiger charge is 2.35. The summed E-state index contributed by atoms with van der Waals surface area (Å²) in [7, 11) is 0. The van der Waals surface area contributed by atoms with Crippen LogP contribution in [0.2, 0.25) is 5.02 Å². The third-order valence-corrected chi connectivity index (χ3v) is 10.0. The zero-order valence-corrected chi connectivity index (χ0v) is 26.3. The lowest BCUT2D eigenvalue weighted by Crippen LogP contribution is -2.54. The summed E-state index contributed by atoms with van der Waals surface area (Å²) >= 11 is 9.64. The molecule has 1 unspecified atom stereocenters. The van der Waals surface area contributed by atoms with E-state index in [0.29, 0.717) is 45.6 Å². The molecule has 4 aliphatic heterocycles. The lowest BCUT2D eigenvalue weighted by atomic mass is 9.96. The molecule has 2 bridgehead atoms. The van der Waals surface area contributed by atoms with Crippen molar-refractivity contribution in [3.05, 3.63) is 115 Å². The van der Waals surface area contributed by atoms with E-state index in [9.17, 15) is 14.4 Å². The van der Waals surface area contributed by atoms with E-state index in [-0.39, 0.29) is 42.4 Å². The second-order valence-electron chi connectivity index (χ2n) is 11.4. The number of hydrogen-bond donors (Lipinski definition) is 1. The molecule has 4 aliphatic rings. The largest absolute Gasteiger partial charge is 0.374 e. The first-order chi connectivity index (χ1) is 21.4. The van der Waals surface area contributed by atoms with Crippen molar-refractivity contribution in [3.8, 4) is 5.69 Å². The van der Waals surface area contributed by atoms with E-state index in [1.807, 2.05) is 54.6 Å². The summed E-state index contributed by atoms with van der Waals surface area (Å²) < 4.78 is 9.67. The minimum atomic E-state index is -0.379. The predicted molar refractivity (Wildman–Crippen MR) is 172 cm³/mol. The van der Waals surface area contributed by atoms with Crippen molar-refractivity contribution >= 4 is 45.0 Å². The second kappa shape index (κ2) is 11.9. The van der Waals surface area contributed by atoms with Gasteiger partial charge in [0.25, 0.3) is 11.8 Å². The van der Waals surface area contributed by atoms with Crippen LogP contribution < -0.4 is 15.9 Å². The molecule has 5 heterocycles. The molecule has 3 saturated heterocycles. The SMILES string of the molecule is O=C(NCc1ccccc1)c1c2n(c(=O)n1-c1ccc(N3CC4CC[C@H]3CO4)cc1)CCN(C(=O)c1ccc(Br)c(Cl)c1)C2. The van der Waals surface area contributed by atoms with E-state index in [0.717, 1.165) is 37.2 Å². The molecule has 0 saturated carbocycles. The van der Waals surface area contributed by atoms with Gasteiger partial charge in [-0.25, -0.2) is 4.79 Å². The van der Waals surface area contributed by atoms with Crippen molar-refractivity contribution < 1.29 is 14.3 Å². The molecule has 8 rings (SSSR count). The maximum absolute atomic E-state index is 13.9. The van der Waals surface area contributed by atoms with Gasteiger partial charge in [-0.3, -0.25) is 18.7 Å². The Bertz CT molecular complexity index is 1780. The molecule has 226 valence electrons. The van der Waals surface area contributed by atoms with Gasteiger partial charge in [-0.05, 0) is 76.8 Å². The highest BCUT2D eigenvalue weighted by molar-refractivity contribution is 9.10. The maximum Gasteiger partial charge on any atom is 0.333 e. The Morgan fingerprint density at radius 2 is 1.75 bits per heavy atom. The summed E-state index contributed by atoms with van der Waals surface area (Å²) in [6.07, 6.45) is 2.44. The molecule has 3 fully saturated rings. The van der Waals surface area contributed by atoms with Crippen LogP contribution in [-0.4, -0.2) is 57.7 Å². The van der Waals surface area contributed by atoms with E-state index in [2.05, 4.69) is 26.1 Å². The fourth-order valence-corrected chi connectivity index (χ4v) is 6.87. The molecule has 44 heavy (non-hydrogen) atoms. The molecule has 0 spiro atoms. The Labute approximate surface area is 268 Å². The number of fused-ring (bicyclic) bond motifs is 4. The van der Waals surface area contributed by atoms with E-state index in [1.165, 1.54) is 4.57 Å². The first-order valence-corrected chi connectivity index (χ1v) is 15.9. The summed E-state index contributed by atoms with van der Waals surface area (Å²) in [4.78, 5) is 45.4. The van der Waals surface area contributed by atoms with Gasteiger partial charge in [0.15, 0.2) is 0 Å². The summed E-state index contributed by atoms with van der Waals surface area (Å²) in [5.74, 6) is -0.596. The van der Waals surface area contributed by atoms with Crippen LogP contribution in [0.15, 0.2) is 82.1 Å². The number of halogens is 2. The Kier molecular flexibility index (Phi) is 7.82. The van der Waals surface area contributed by atoms with Crippen molar-refractivity contribution in [1.29, 1.82) is 0 Å². The van der Waals surface area contributed by atoms with E-state index in [1.54, 1.807) is 27.7 Å². The quantitative estimate of drug-likeness (QED) is 0.311. The fraction of sp³-hybridized carbons (Fsp3) is 0.303. The molecule has 11 heteroatoms. The number of carbonyl (C=O) groups is 2. The summed E-state index contributed by atoms with van der Waals surface area (Å²) in [5.41, 5.74) is 3.48. The van der Waals surface area contributed by atoms with Crippen LogP contribution in [0.4, 0.5) is 5.69 Å². The van der Waals surface area contributed by atoms with Gasteiger partial charge in [0.05, 0.1) is 41.7 Å². The number of hydrogen-bond acceptors (Lipinski definition) is 5. The lowest BCUT2D eigenvalue weighted by Gasteiger charge is -2.46. The van der Waals surface area contributed by atoms with Crippen molar-refractivity contribution in [2.75, 3.05) is 24.6 Å². The van der Waals surface area contributed by atoms with Gasteiger partial charge in [-0.2, -0.15) is 0 Å². The highest BCUT2D eigenvalue weighted by Crippen LogP contribution is 2.32. The molecule has 3 aromatic carbocycles. The van der Waals surface area contributed by atoms with Gasteiger partial charge in [0.2, 0.25) is 0 Å². The lowest BCUT2D eigenvalue weighted by molar-refractivity contribution is -0.0225. The number of piperidine rings is 1. The Morgan fingerprint density at radius 1 is 0.977 bits per heavy atom. The van der Waals surface area contributed by atoms with Crippen LogP contribution in [0, 0.1) is 0 Å². The normalized spacial score (nSPS) is 19.1. The van der Waals surface area contributed by atoms with Crippen molar-refractivity contribution in [3.63, 3.8) is 0 Å². The van der Waals surface area contributed by atoms with E-state index in [4.69, 9.17) is 16.3 Å². The van der Waals surface area contributed by atoms with Gasteiger partial charge in [-0.1, -0.05) is 41.9 Å². The number of benzene rings is 3. The molecule has 1 aromatic heterocycles. The monoisotopic (exact) mass is 675 g/mol. The topological polar surface area (TPSA) is 88.8 Å². The minimum Gasteiger partial charge on any atom is -0.374 e. The number of rotatable bonds is 6. The molecule has 4 aromatic rings. The number of nitrogens with one attached hydrogen (secondary N) is 1. The molecule has 9 nitrogen and oxygen atoms in total. The molecule has 1 N–H and O–H groups in total. The van der Waals surface area contributed by atoms with Crippen LogP contribution in [0.5, 0.6) is 0 Å². The number of anilines is 1. The number of morpholine rings is 1. The number of nitrogens with zero attached hydrogens (tertiary/aromatic N) is 4. The van der Waals surface area contributed by atoms with Crippen LogP contribution in [0.1, 0.15) is 44.9 Å². The van der Waals surface area contributed by atoms with Crippen LogP contribution in [0.25, 0.3) is 5.69 Å². The molecular weight excluding hydrogens is 646 g/mol. The van der Waals surface area contributed by atoms with Gasteiger partial charge in [0, 0.05) is 41.9 Å². The van der Waals surface area contributed by atoms with Crippen molar-refractivity contribution in [2.45, 2.75) is 44.6 Å². The van der Waals surface area contributed by atoms with Crippen molar-refractivity contribution in [1.82, 2.24) is 19.4 Å². The van der Waals surface area contributed by atoms with Crippen LogP contribution in [0.3, 0.4) is 0 Å². The highest BCUT2D eigenvalue weighted by atomic mass is 79.9. The average Bonchev–Trinajstić information content (AvgIpc) is 3.37. The first kappa shape index (κ1) is 28.9. The molecule has 0 aliphatic carbocycles. The van der Waals surface area contributed by atoms with Gasteiger partial charge < -0.3 is 19.9 Å². The zero-order valence-electron chi connectivity index (χ0n) is 23.9. The van der Waals surface area contributed by atoms with Gasteiger partial charge in [0.1, 0.15) is 5.69 Å². The standard InChI is InChI=1S/C33H31BrClN5O4/c34-27-13-6-22(16-28(27)35)32(42)37-14-15-38-29(19-37)30(31(41)36-17-21-4-2-1-3-5-21)40(33(38)43)24-9-7-23(8-10-24)39-18-26-12-11-25(39)20-44-26/h1-10,13,16,25-26H,11-12,14-15,17-20H2,(H,36,41)/t25-,26?/m0/s1. The summed E-state index contributed by atoms with van der Waals surface area (Å²) in [5, 5.41) is 3.43. The van der Waals surface area contributed by atoms with E-state index < -0.39 is 0 Å². The number of carbonyl (C=O) groups excluding carboxylic acids is 2. The number of ether oxygens (including phenoxy) is 1. The van der Waals surface area contributed by atoms with Crippen LogP contribution >= 0.6 is 27.5 Å². The summed E-state index contributed by atoms with van der Waals surface area (Å²) in [6.45, 7) is 2.59. The predicted octanol–water partition coefficient (Wildman–Crippen LogP) is 5.01. The third kappa shape index (κ3) is 5.35. The summed E-state index contributed by atoms with van der Waals surface area (Å²) in [6, 6.07) is 22.8. The van der Waals surface area contributed by atoms with Crippen molar-refractivity contribution in [2.24, 2.45) is 0 Å². The Hall–Kier alpha value is -3.86. The average molecular weight is 677 g/mol. The second-order valence-corrected chi connectivity index (χ2v) is 12.7. The minimum absolute atomic E-state index is 0.109. The van der Waals surface area contributed by atoms with Crippen LogP contribution in [-0.2, 0) is 24.4 Å². The van der Waals surface area contributed by atoms with Gasteiger partial charge in [-0.15, -0.1) is 0 Å². The third-order valence-electron chi connectivity index (χ3n) is 8.77. The zero-order chi connectivity index (χ0) is 30.4. The Balaban J connectivity index is 1.23. The molecule has 2 atom stereocenters. The molecule has 0 radical (unpaired) electrons. The fourth-order valence-electron chi connectivity index (χ4n) is 6.44. The van der Waals surface area contributed by atoms with E-state index >= 15 is 0 Å². The van der Waals surface area contributed by atoms with Gasteiger partial charge >= 0.3 is 5.69 Å². The molecular formula is C33H31BrClN5O4.